The molecule has 2 aromatic carbocycles. The Morgan fingerprint density at radius 3 is 2.14 bits per heavy atom. The molecule has 0 aliphatic carbocycles. The Morgan fingerprint density at radius 1 is 0.778 bits per heavy atom. The zero-order valence-corrected chi connectivity index (χ0v) is 21.7. The molecule has 0 N–H and O–H groups in total. The van der Waals surface area contributed by atoms with Crippen LogP contribution < -0.4 is 0 Å². The van der Waals surface area contributed by atoms with Crippen molar-refractivity contribution >= 4 is 5.97 Å². The highest BCUT2D eigenvalue weighted by molar-refractivity contribution is 5.75. The van der Waals surface area contributed by atoms with E-state index in [9.17, 15) is 4.79 Å². The van der Waals surface area contributed by atoms with Gasteiger partial charge in [0.25, 0.3) is 0 Å². The smallest absolute Gasteiger partial charge is 0.309 e. The molecule has 0 spiro atoms. The summed E-state index contributed by atoms with van der Waals surface area (Å²) in [5.74, 6) is 0.666. The molecule has 0 saturated carbocycles. The molecule has 1 aromatic heterocycles. The van der Waals surface area contributed by atoms with Crippen LogP contribution in [0.4, 0.5) is 0 Å². The third-order valence-corrected chi connectivity index (χ3v) is 7.28. The molecule has 1 saturated heterocycles. The van der Waals surface area contributed by atoms with E-state index >= 15 is 0 Å². The summed E-state index contributed by atoms with van der Waals surface area (Å²) in [5, 5.41) is 0. The second kappa shape index (κ2) is 13.9. The number of rotatable bonds is 14. The number of aromatic nitrogens is 2. The molecule has 1 aliphatic rings. The van der Waals surface area contributed by atoms with Crippen LogP contribution in [0.1, 0.15) is 93.9 Å². The maximum Gasteiger partial charge on any atom is 0.309 e. The Labute approximate surface area is 216 Å². The van der Waals surface area contributed by atoms with Gasteiger partial charge in [-0.05, 0) is 42.4 Å². The Kier molecular flexibility index (Phi) is 10.1. The predicted octanol–water partition coefficient (Wildman–Crippen LogP) is 8.06. The van der Waals surface area contributed by atoms with Gasteiger partial charge in [-0.3, -0.25) is 4.79 Å². The largest absolute Gasteiger partial charge is 0.457 e. The zero-order valence-electron chi connectivity index (χ0n) is 21.7. The van der Waals surface area contributed by atoms with Crippen molar-refractivity contribution in [2.45, 2.75) is 90.1 Å². The van der Waals surface area contributed by atoms with Crippen LogP contribution in [0.25, 0.3) is 11.4 Å². The van der Waals surface area contributed by atoms with E-state index in [1.165, 1.54) is 62.5 Å². The van der Waals surface area contributed by atoms with Crippen LogP contribution >= 0.6 is 0 Å². The molecule has 1 fully saturated rings. The fraction of sp³-hybridized carbons (Fsp3) is 0.469. The van der Waals surface area contributed by atoms with Gasteiger partial charge in [-0.1, -0.05) is 106 Å². The van der Waals surface area contributed by atoms with Gasteiger partial charge in [-0.2, -0.15) is 0 Å². The molecule has 4 rings (SSSR count). The standard InChI is InChI=1S/C32H40N2O2/c1-2-3-4-5-6-7-8-10-13-26-23-33-31(34-24-26)28-19-16-25(17-20-28)18-21-29-22-30(36-32(29)35)27-14-11-9-12-15-27/h9,11-12,14-17,19-20,23-24,29-30H,2-8,10,13,18,21-22H2,1H3. The molecule has 4 nitrogen and oxygen atoms in total. The molecule has 2 heterocycles. The van der Waals surface area contributed by atoms with Crippen LogP contribution in [0.2, 0.25) is 0 Å². The van der Waals surface area contributed by atoms with E-state index in [-0.39, 0.29) is 18.0 Å². The molecule has 36 heavy (non-hydrogen) atoms. The number of ether oxygens (including phenoxy) is 1. The summed E-state index contributed by atoms with van der Waals surface area (Å²) in [6, 6.07) is 18.5. The maximum atomic E-state index is 12.4. The Bertz CT molecular complexity index is 1050. The summed E-state index contributed by atoms with van der Waals surface area (Å²) in [5.41, 5.74) is 4.56. The minimum atomic E-state index is -0.109. The van der Waals surface area contributed by atoms with E-state index in [2.05, 4.69) is 41.2 Å². The quantitative estimate of drug-likeness (QED) is 0.171. The van der Waals surface area contributed by atoms with Gasteiger partial charge < -0.3 is 4.74 Å². The number of esters is 1. The summed E-state index contributed by atoms with van der Waals surface area (Å²) < 4.78 is 5.63. The zero-order chi connectivity index (χ0) is 25.0. The number of unbranched alkanes of at least 4 members (excludes halogenated alkanes) is 7. The van der Waals surface area contributed by atoms with E-state index in [0.29, 0.717) is 0 Å². The number of carbonyl (C=O) groups is 1. The van der Waals surface area contributed by atoms with Gasteiger partial charge in [0.05, 0.1) is 5.92 Å². The highest BCUT2D eigenvalue weighted by Gasteiger charge is 2.34. The minimum Gasteiger partial charge on any atom is -0.457 e. The lowest BCUT2D eigenvalue weighted by Gasteiger charge is -2.08. The van der Waals surface area contributed by atoms with Gasteiger partial charge in [0.2, 0.25) is 0 Å². The van der Waals surface area contributed by atoms with Crippen molar-refractivity contribution in [2.75, 3.05) is 0 Å². The molecule has 2 unspecified atom stereocenters. The molecule has 3 aromatic rings. The van der Waals surface area contributed by atoms with E-state index < -0.39 is 0 Å². The van der Waals surface area contributed by atoms with E-state index in [1.807, 2.05) is 42.7 Å². The molecule has 0 amide bonds. The first kappa shape index (κ1) is 26.1. The van der Waals surface area contributed by atoms with Crippen LogP contribution in [0.3, 0.4) is 0 Å². The normalized spacial score (nSPS) is 17.3. The third kappa shape index (κ3) is 7.74. The topological polar surface area (TPSA) is 52.1 Å². The van der Waals surface area contributed by atoms with Gasteiger partial charge in [0.1, 0.15) is 6.10 Å². The number of cyclic esters (lactones) is 1. The van der Waals surface area contributed by atoms with E-state index in [0.717, 1.165) is 42.6 Å². The average Bonchev–Trinajstić information content (AvgIpc) is 3.30. The Morgan fingerprint density at radius 2 is 1.44 bits per heavy atom. The molecule has 0 radical (unpaired) electrons. The Hall–Kier alpha value is -3.01. The van der Waals surface area contributed by atoms with Crippen molar-refractivity contribution in [1.29, 1.82) is 0 Å². The first-order chi connectivity index (χ1) is 17.7. The van der Waals surface area contributed by atoms with Crippen LogP contribution in [0.15, 0.2) is 67.0 Å². The fourth-order valence-electron chi connectivity index (χ4n) is 5.00. The molecule has 190 valence electrons. The van der Waals surface area contributed by atoms with Gasteiger partial charge in [-0.25, -0.2) is 9.97 Å². The maximum absolute atomic E-state index is 12.4. The predicted molar refractivity (Wildman–Crippen MR) is 145 cm³/mol. The summed E-state index contributed by atoms with van der Waals surface area (Å²) in [4.78, 5) is 21.6. The SMILES string of the molecule is CCCCCCCCCCc1cnc(-c2ccc(CCC3CC(c4ccccc4)OC3=O)cc2)nc1. The highest BCUT2D eigenvalue weighted by Crippen LogP contribution is 2.35. The summed E-state index contributed by atoms with van der Waals surface area (Å²) >= 11 is 0. The minimum absolute atomic E-state index is 0.0354. The van der Waals surface area contributed by atoms with Crippen LogP contribution in [-0.4, -0.2) is 15.9 Å². The van der Waals surface area contributed by atoms with Gasteiger partial charge in [0.15, 0.2) is 5.82 Å². The number of hydrogen-bond donors (Lipinski definition) is 0. The van der Waals surface area contributed by atoms with E-state index in [1.54, 1.807) is 0 Å². The Balaban J connectivity index is 1.19. The van der Waals surface area contributed by atoms with Crippen molar-refractivity contribution in [3.63, 3.8) is 0 Å². The van der Waals surface area contributed by atoms with Crippen LogP contribution in [0.5, 0.6) is 0 Å². The van der Waals surface area contributed by atoms with Crippen LogP contribution in [-0.2, 0) is 22.4 Å². The average molecular weight is 485 g/mol. The second-order valence-electron chi connectivity index (χ2n) is 10.1. The second-order valence-corrected chi connectivity index (χ2v) is 10.1. The third-order valence-electron chi connectivity index (χ3n) is 7.28. The lowest BCUT2D eigenvalue weighted by atomic mass is 9.94. The number of nitrogens with zero attached hydrogens (tertiary/aromatic N) is 2. The van der Waals surface area contributed by atoms with Crippen LogP contribution in [0, 0.1) is 5.92 Å². The van der Waals surface area contributed by atoms with Crippen molar-refractivity contribution in [3.8, 4) is 11.4 Å². The van der Waals surface area contributed by atoms with Gasteiger partial charge in [-0.15, -0.1) is 0 Å². The molecular weight excluding hydrogens is 444 g/mol. The monoisotopic (exact) mass is 484 g/mol. The fourth-order valence-corrected chi connectivity index (χ4v) is 5.00. The lowest BCUT2D eigenvalue weighted by molar-refractivity contribution is -0.144. The molecule has 0 bridgehead atoms. The number of hydrogen-bond acceptors (Lipinski definition) is 4. The first-order valence-corrected chi connectivity index (χ1v) is 13.9. The summed E-state index contributed by atoms with van der Waals surface area (Å²) in [6.07, 6.45) is 18.0. The van der Waals surface area contributed by atoms with E-state index in [4.69, 9.17) is 4.74 Å². The highest BCUT2D eigenvalue weighted by atomic mass is 16.6. The number of benzene rings is 2. The molecule has 2 atom stereocenters. The van der Waals surface area contributed by atoms with Crippen molar-refractivity contribution in [3.05, 3.63) is 83.7 Å². The summed E-state index contributed by atoms with van der Waals surface area (Å²) in [6.45, 7) is 2.27. The van der Waals surface area contributed by atoms with Gasteiger partial charge in [0, 0.05) is 24.4 Å². The number of aryl methyl sites for hydroxylation is 2. The molecule has 4 heteroatoms. The summed E-state index contributed by atoms with van der Waals surface area (Å²) in [7, 11) is 0. The van der Waals surface area contributed by atoms with Crippen molar-refractivity contribution in [1.82, 2.24) is 9.97 Å². The van der Waals surface area contributed by atoms with Crippen molar-refractivity contribution < 1.29 is 9.53 Å². The molecular formula is C32H40N2O2. The lowest BCUT2D eigenvalue weighted by Crippen LogP contribution is -2.08. The van der Waals surface area contributed by atoms with Gasteiger partial charge >= 0.3 is 5.97 Å². The van der Waals surface area contributed by atoms with Crippen molar-refractivity contribution in [2.24, 2.45) is 5.92 Å². The molecule has 1 aliphatic heterocycles. The first-order valence-electron chi connectivity index (χ1n) is 13.9. The number of carbonyl (C=O) groups excluding carboxylic acids is 1.